The van der Waals surface area contributed by atoms with Crippen molar-refractivity contribution in [3.63, 3.8) is 0 Å². The van der Waals surface area contributed by atoms with E-state index in [-0.39, 0.29) is 23.6 Å². The van der Waals surface area contributed by atoms with Gasteiger partial charge in [-0.25, -0.2) is 0 Å². The maximum atomic E-state index is 13.1. The highest BCUT2D eigenvalue weighted by Crippen LogP contribution is 2.32. The molecule has 12 aromatic rings. The number of hydrogen-bond acceptors (Lipinski definition) is 16. The largest absolute Gasteiger partial charge is 0.497 e. The Hall–Kier alpha value is -12.6. The van der Waals surface area contributed by atoms with Crippen molar-refractivity contribution < 1.29 is 28.7 Å². The Labute approximate surface area is 659 Å². The first-order valence-corrected chi connectivity index (χ1v) is 38.9. The van der Waals surface area contributed by atoms with Crippen LogP contribution in [0.3, 0.4) is 0 Å². The molecular formula is C89H100N18O6. The van der Waals surface area contributed by atoms with Crippen molar-refractivity contribution in [2.45, 2.75) is 51.9 Å². The average molecular weight is 1520 g/mol. The Morgan fingerprint density at radius 2 is 0.708 bits per heavy atom. The van der Waals surface area contributed by atoms with Crippen LogP contribution in [0.2, 0.25) is 0 Å². The van der Waals surface area contributed by atoms with Gasteiger partial charge in [-0.05, 0) is 178 Å². The number of anilines is 4. The van der Waals surface area contributed by atoms with Gasteiger partial charge in [-0.2, -0.15) is 20.4 Å². The molecule has 0 aliphatic carbocycles. The number of nitrogens with one attached hydrogen (secondary N) is 8. The lowest BCUT2D eigenvalue weighted by Gasteiger charge is -2.34. The number of hydrogen-bond donors (Lipinski definition) is 8. The molecule has 4 fully saturated rings. The molecule has 8 N–H and O–H groups in total. The summed E-state index contributed by atoms with van der Waals surface area (Å²) in [5.41, 5.74) is 15.0. The van der Waals surface area contributed by atoms with Gasteiger partial charge in [0.15, 0.2) is 5.82 Å². The second-order valence-electron chi connectivity index (χ2n) is 28.5. The number of piperazine rings is 2. The molecule has 4 amide bonds. The summed E-state index contributed by atoms with van der Waals surface area (Å²) in [5, 5.41) is 46.3. The first-order valence-electron chi connectivity index (χ1n) is 38.9. The maximum Gasteiger partial charge on any atom is 0.253 e. The number of aromatic nitrogens is 8. The summed E-state index contributed by atoms with van der Waals surface area (Å²) in [6.07, 6.45) is 7.88. The second-order valence-corrected chi connectivity index (χ2v) is 28.5. The van der Waals surface area contributed by atoms with E-state index in [1.54, 1.807) is 14.2 Å². The Bertz CT molecular complexity index is 5280. The number of methoxy groups -OCH3 is 2. The van der Waals surface area contributed by atoms with Crippen molar-refractivity contribution in [3.8, 4) is 5.75 Å². The standard InChI is InChI=1S/C23H27N5O2.C23H27N5O.C22H24N4O2.C21H22N4O/c1-17(24-19-6-4-3-5-7-19)22-20-16-18(8-9-21(20)25-26-22)23(29)28-12-10-27(11-13-28)14-15-30-2;1-3-11-27-12-14-28(15-13-27)23(29)18-9-10-21-20(16-18)22(26-25-21)17(2)24-19-7-5-4-6-8-19;1-15(23-17-7-9-18(28-2)10-8-17)21-19-14-16(6-11-20(19)24-25-21)22(27)26-12-4-3-5-13-26;1-15(16-8-4-2-5-9-16)22-20-18-14-17(10-11-19(18)23-24-20)21(26)25-12-6-3-7-13-25/h3-9,16,24H,1,10-15H2,2H3,(H,25,26);4-10,16,24H,2-3,11-15H2,1H3,(H,25,26);6-11,14,23H,1,3-5,12-13H2,2H3,(H,24,25);2,4-5,8-11,14H,1,3,6-7,12-13H2,(H2,22,23,24). The number of likely N-dealkylation sites (tertiary alicyclic amines) is 2. The van der Waals surface area contributed by atoms with Gasteiger partial charge < -0.3 is 50.3 Å². The number of H-pyrrole nitrogens is 4. The lowest BCUT2D eigenvalue weighted by molar-refractivity contribution is 0.0593. The van der Waals surface area contributed by atoms with Gasteiger partial charge >= 0.3 is 0 Å². The summed E-state index contributed by atoms with van der Waals surface area (Å²) in [5.74, 6) is 1.79. The van der Waals surface area contributed by atoms with E-state index < -0.39 is 0 Å². The van der Waals surface area contributed by atoms with Crippen LogP contribution in [0.5, 0.6) is 5.75 Å². The van der Waals surface area contributed by atoms with Crippen molar-refractivity contribution in [2.75, 3.05) is 134 Å². The lowest BCUT2D eigenvalue weighted by Crippen LogP contribution is -2.49. The van der Waals surface area contributed by atoms with E-state index in [0.717, 1.165) is 214 Å². The van der Waals surface area contributed by atoms with Crippen molar-refractivity contribution in [2.24, 2.45) is 0 Å². The van der Waals surface area contributed by atoms with Crippen LogP contribution in [-0.4, -0.2) is 206 Å². The Morgan fingerprint density at radius 3 is 1.09 bits per heavy atom. The third-order valence-corrected chi connectivity index (χ3v) is 20.8. The fourth-order valence-electron chi connectivity index (χ4n) is 14.5. The minimum atomic E-state index is 0.0528. The van der Waals surface area contributed by atoms with Gasteiger partial charge in [0, 0.05) is 159 Å². The predicted octanol–water partition coefficient (Wildman–Crippen LogP) is 15.4. The van der Waals surface area contributed by atoms with E-state index in [4.69, 9.17) is 9.47 Å². The van der Waals surface area contributed by atoms with E-state index in [2.05, 4.69) is 105 Å². The molecule has 0 spiro atoms. The summed E-state index contributed by atoms with van der Waals surface area (Å²) in [7, 11) is 3.35. The van der Waals surface area contributed by atoms with Gasteiger partial charge in [0.1, 0.15) is 22.8 Å². The number of para-hydroxylation sites is 2. The molecule has 0 atom stereocenters. The monoisotopic (exact) mass is 1520 g/mol. The molecule has 113 heavy (non-hydrogen) atoms. The number of carbonyl (C=O) groups is 4. The molecule has 582 valence electrons. The molecule has 16 rings (SSSR count). The van der Waals surface area contributed by atoms with Gasteiger partial charge in [-0.1, -0.05) is 100.0 Å². The number of piperidine rings is 2. The van der Waals surface area contributed by atoms with Gasteiger partial charge in [-0.3, -0.25) is 49.4 Å². The van der Waals surface area contributed by atoms with Crippen LogP contribution >= 0.6 is 0 Å². The Balaban J connectivity index is 0.000000132. The third-order valence-electron chi connectivity index (χ3n) is 20.8. The number of carbonyl (C=O) groups excluding carboxylic acids is 4. The number of ether oxygens (including phenoxy) is 2. The van der Waals surface area contributed by atoms with Crippen LogP contribution < -0.4 is 26.0 Å². The van der Waals surface area contributed by atoms with E-state index in [1.165, 1.54) is 12.8 Å². The molecule has 8 heterocycles. The van der Waals surface area contributed by atoms with E-state index in [1.807, 2.05) is 208 Å². The van der Waals surface area contributed by atoms with Crippen LogP contribution in [0.25, 0.3) is 66.4 Å². The average Bonchev–Trinajstić information content (AvgIpc) is 1.70. The predicted molar refractivity (Wildman–Crippen MR) is 454 cm³/mol. The summed E-state index contributed by atoms with van der Waals surface area (Å²) < 4.78 is 10.3. The minimum absolute atomic E-state index is 0.0528. The lowest BCUT2D eigenvalue weighted by atomic mass is 10.1. The molecule has 0 unspecified atom stereocenters. The highest BCUT2D eigenvalue weighted by atomic mass is 16.5. The normalized spacial score (nSPS) is 14.5. The zero-order valence-corrected chi connectivity index (χ0v) is 64.7. The summed E-state index contributed by atoms with van der Waals surface area (Å²) in [6, 6.07) is 60.0. The molecule has 0 bridgehead atoms. The third kappa shape index (κ3) is 19.8. The van der Waals surface area contributed by atoms with Crippen molar-refractivity contribution in [1.82, 2.24) is 70.2 Å². The molecule has 8 aromatic carbocycles. The topological polar surface area (TPSA) is 269 Å². The summed E-state index contributed by atoms with van der Waals surface area (Å²) >= 11 is 0. The zero-order valence-electron chi connectivity index (χ0n) is 64.7. The van der Waals surface area contributed by atoms with Gasteiger partial charge in [0.25, 0.3) is 23.6 Å². The van der Waals surface area contributed by atoms with Gasteiger partial charge in [0.2, 0.25) is 0 Å². The molecule has 4 saturated heterocycles. The Morgan fingerprint density at radius 1 is 0.363 bits per heavy atom. The highest BCUT2D eigenvalue weighted by Gasteiger charge is 2.27. The highest BCUT2D eigenvalue weighted by molar-refractivity contribution is 6.05. The van der Waals surface area contributed by atoms with Gasteiger partial charge in [0.05, 0.1) is 52.9 Å². The fourth-order valence-corrected chi connectivity index (χ4v) is 14.5. The van der Waals surface area contributed by atoms with E-state index >= 15 is 0 Å². The molecule has 24 nitrogen and oxygen atoms in total. The fraction of sp³-hybridized carbons (Fsp3) is 0.281. The number of rotatable bonds is 22. The van der Waals surface area contributed by atoms with Crippen LogP contribution in [0, 0.1) is 0 Å². The number of amides is 4. The molecule has 24 heteroatoms. The summed E-state index contributed by atoms with van der Waals surface area (Å²) in [6.45, 7) is 31.4. The molecular weight excluding hydrogens is 1420 g/mol. The molecule has 0 radical (unpaired) electrons. The van der Waals surface area contributed by atoms with E-state index in [9.17, 15) is 19.2 Å². The number of nitrogens with zero attached hydrogens (tertiary/aromatic N) is 10. The van der Waals surface area contributed by atoms with Crippen molar-refractivity contribution in [1.29, 1.82) is 0 Å². The molecule has 0 saturated carbocycles. The smallest absolute Gasteiger partial charge is 0.253 e. The Kier molecular flexibility index (Phi) is 26.3. The molecule has 4 aliphatic rings. The SMILES string of the molecule is C=C(Nc1ccc(OC)cc1)c1n[nH]c2ccc(C(=O)N3CCCCC3)cc12.C=C(Nc1ccccc1)c1n[nH]c2ccc(C(=O)N3CCN(CCC)CC3)cc12.C=C(Nc1ccccc1)c1n[nH]c2ccc(C(=O)N3CCN(CCOC)CC3)cc12.C=C(Nc1n[nH]c2ccc(C(=O)N3CCCCC3)cc12)c1ccccc1. The van der Waals surface area contributed by atoms with Crippen LogP contribution in [0.4, 0.5) is 22.9 Å². The maximum absolute atomic E-state index is 13.1. The van der Waals surface area contributed by atoms with Gasteiger partial charge in [-0.15, -0.1) is 0 Å². The first-order chi connectivity index (χ1) is 55.2. The second kappa shape index (κ2) is 37.9. The van der Waals surface area contributed by atoms with Crippen molar-refractivity contribution in [3.05, 3.63) is 259 Å². The molecule has 4 aromatic heterocycles. The number of aromatic amines is 4. The van der Waals surface area contributed by atoms with Crippen LogP contribution in [-0.2, 0) is 4.74 Å². The summed E-state index contributed by atoms with van der Waals surface area (Å²) in [4.78, 5) is 64.2. The van der Waals surface area contributed by atoms with Crippen molar-refractivity contribution >= 4 is 113 Å². The quantitative estimate of drug-likeness (QED) is 0.0313. The first kappa shape index (κ1) is 78.5. The molecule has 4 aliphatic heterocycles. The zero-order chi connectivity index (χ0) is 78.6. The van der Waals surface area contributed by atoms with E-state index in [0.29, 0.717) is 56.6 Å². The van der Waals surface area contributed by atoms with Crippen LogP contribution in [0.1, 0.15) is 116 Å². The minimum Gasteiger partial charge on any atom is -0.497 e. The number of fused-ring (bicyclic) bond motifs is 4. The number of benzene rings is 8. The van der Waals surface area contributed by atoms with Crippen LogP contribution in [0.15, 0.2) is 214 Å².